The number of aromatic amines is 1. The van der Waals surface area contributed by atoms with Gasteiger partial charge in [-0.2, -0.15) is 0 Å². The number of H-pyrrole nitrogens is 1. The molecule has 0 radical (unpaired) electrons. The molecule has 1 saturated heterocycles. The third-order valence-corrected chi connectivity index (χ3v) is 4.25. The number of hydrogen-bond acceptors (Lipinski definition) is 2. The molecule has 3 nitrogen and oxygen atoms in total. The van der Waals surface area contributed by atoms with Gasteiger partial charge in [-0.25, -0.2) is 4.98 Å². The summed E-state index contributed by atoms with van der Waals surface area (Å²) in [5.41, 5.74) is 2.21. The Morgan fingerprint density at radius 1 is 1.21 bits per heavy atom. The second-order valence-electron chi connectivity index (χ2n) is 6.22. The molecule has 0 aliphatic carbocycles. The quantitative estimate of drug-likeness (QED) is 0.891. The summed E-state index contributed by atoms with van der Waals surface area (Å²) in [6.07, 6.45) is 1.35. The molecule has 0 amide bonds. The largest absolute Gasteiger partial charge is 0.341 e. The lowest BCUT2D eigenvalue weighted by Gasteiger charge is -2.38. The first kappa shape index (κ1) is 12.7. The van der Waals surface area contributed by atoms with Crippen LogP contribution in [0.3, 0.4) is 0 Å². The van der Waals surface area contributed by atoms with Crippen molar-refractivity contribution in [2.24, 2.45) is 11.8 Å². The van der Waals surface area contributed by atoms with Crippen LogP contribution in [-0.4, -0.2) is 28.0 Å². The van der Waals surface area contributed by atoms with Gasteiger partial charge in [0.25, 0.3) is 0 Å². The Morgan fingerprint density at radius 3 is 2.58 bits per heavy atom. The molecule has 2 aromatic rings. The van der Waals surface area contributed by atoms with Crippen LogP contribution in [0, 0.1) is 11.8 Å². The molecule has 3 atom stereocenters. The number of nitrogens with one attached hydrogen (secondary N) is 1. The van der Waals surface area contributed by atoms with E-state index in [9.17, 15) is 0 Å². The van der Waals surface area contributed by atoms with Crippen molar-refractivity contribution in [1.29, 1.82) is 0 Å². The topological polar surface area (TPSA) is 31.9 Å². The number of imidazole rings is 1. The van der Waals surface area contributed by atoms with Crippen molar-refractivity contribution in [2.75, 3.05) is 13.1 Å². The minimum Gasteiger partial charge on any atom is -0.341 e. The predicted octanol–water partition coefficient (Wildman–Crippen LogP) is 3.60. The molecule has 1 aliphatic rings. The maximum absolute atomic E-state index is 4.74. The normalized spacial score (nSPS) is 26.7. The van der Waals surface area contributed by atoms with Gasteiger partial charge in [-0.05, 0) is 37.3 Å². The monoisotopic (exact) mass is 257 g/mol. The van der Waals surface area contributed by atoms with Gasteiger partial charge < -0.3 is 4.98 Å². The molecule has 3 rings (SSSR count). The molecule has 0 bridgehead atoms. The lowest BCUT2D eigenvalue weighted by Crippen LogP contribution is -2.40. The maximum atomic E-state index is 4.74. The first-order valence-electron chi connectivity index (χ1n) is 7.32. The summed E-state index contributed by atoms with van der Waals surface area (Å²) in [5, 5.41) is 0. The highest BCUT2D eigenvalue weighted by molar-refractivity contribution is 5.74. The summed E-state index contributed by atoms with van der Waals surface area (Å²) in [7, 11) is 0. The van der Waals surface area contributed by atoms with Crippen molar-refractivity contribution in [3.63, 3.8) is 0 Å². The van der Waals surface area contributed by atoms with Crippen molar-refractivity contribution in [2.45, 2.75) is 33.2 Å². The lowest BCUT2D eigenvalue weighted by atomic mass is 9.91. The molecule has 0 saturated carbocycles. The second kappa shape index (κ2) is 4.97. The van der Waals surface area contributed by atoms with Crippen molar-refractivity contribution in [1.82, 2.24) is 14.9 Å². The fourth-order valence-corrected chi connectivity index (χ4v) is 3.37. The van der Waals surface area contributed by atoms with Gasteiger partial charge in [-0.1, -0.05) is 26.0 Å². The number of aromatic nitrogens is 2. The second-order valence-corrected chi connectivity index (χ2v) is 6.22. The summed E-state index contributed by atoms with van der Waals surface area (Å²) < 4.78 is 0. The van der Waals surface area contributed by atoms with Crippen LogP contribution in [0.1, 0.15) is 39.1 Å². The minimum absolute atomic E-state index is 0.373. The number of piperidine rings is 1. The molecule has 1 aromatic heterocycles. The van der Waals surface area contributed by atoms with Crippen LogP contribution < -0.4 is 0 Å². The molecule has 3 unspecified atom stereocenters. The first-order valence-corrected chi connectivity index (χ1v) is 7.32. The number of rotatable bonds is 2. The Bertz CT molecular complexity index is 517. The lowest BCUT2D eigenvalue weighted by molar-refractivity contribution is 0.0997. The van der Waals surface area contributed by atoms with E-state index in [1.165, 1.54) is 19.5 Å². The molecule has 0 spiro atoms. The minimum atomic E-state index is 0.373. The zero-order chi connectivity index (χ0) is 13.4. The fraction of sp³-hybridized carbons (Fsp3) is 0.562. The van der Waals surface area contributed by atoms with Crippen molar-refractivity contribution in [3.05, 3.63) is 30.1 Å². The number of likely N-dealkylation sites (tertiary alicyclic amines) is 1. The van der Waals surface area contributed by atoms with Crippen LogP contribution in [0.4, 0.5) is 0 Å². The molecule has 19 heavy (non-hydrogen) atoms. The average molecular weight is 257 g/mol. The SMILES string of the molecule is CC1CC(C)CN(C(C)c2nc3ccccc3[nH]2)C1. The fourth-order valence-electron chi connectivity index (χ4n) is 3.37. The Kier molecular flexibility index (Phi) is 3.31. The van der Waals surface area contributed by atoms with Crippen LogP contribution in [0.2, 0.25) is 0 Å². The Labute approximate surface area is 115 Å². The van der Waals surface area contributed by atoms with Crippen LogP contribution in [0.15, 0.2) is 24.3 Å². The standard InChI is InChI=1S/C16H23N3/c1-11-8-12(2)10-19(9-11)13(3)16-17-14-6-4-5-7-15(14)18-16/h4-7,11-13H,8-10H2,1-3H3,(H,17,18). The highest BCUT2D eigenvalue weighted by Crippen LogP contribution is 2.28. The number of benzene rings is 1. The zero-order valence-corrected chi connectivity index (χ0v) is 12.1. The molecule has 1 aliphatic heterocycles. The van der Waals surface area contributed by atoms with Gasteiger partial charge in [0, 0.05) is 13.1 Å². The van der Waals surface area contributed by atoms with Crippen LogP contribution >= 0.6 is 0 Å². The maximum Gasteiger partial charge on any atom is 0.124 e. The van der Waals surface area contributed by atoms with Crippen LogP contribution in [-0.2, 0) is 0 Å². The summed E-state index contributed by atoms with van der Waals surface area (Å²) in [4.78, 5) is 10.8. The van der Waals surface area contributed by atoms with Gasteiger partial charge >= 0.3 is 0 Å². The summed E-state index contributed by atoms with van der Waals surface area (Å²) in [6.45, 7) is 9.34. The van der Waals surface area contributed by atoms with Crippen molar-refractivity contribution >= 4 is 11.0 Å². The van der Waals surface area contributed by atoms with E-state index in [4.69, 9.17) is 4.98 Å². The Morgan fingerprint density at radius 2 is 1.89 bits per heavy atom. The van der Waals surface area contributed by atoms with Crippen molar-refractivity contribution in [3.8, 4) is 0 Å². The Hall–Kier alpha value is -1.35. The van der Waals surface area contributed by atoms with E-state index in [1.54, 1.807) is 0 Å². The van der Waals surface area contributed by atoms with E-state index in [0.717, 1.165) is 28.7 Å². The number of hydrogen-bond donors (Lipinski definition) is 1. The summed E-state index contributed by atoms with van der Waals surface area (Å²) in [6, 6.07) is 8.64. The third kappa shape index (κ3) is 2.52. The van der Waals surface area contributed by atoms with Gasteiger partial charge in [0.2, 0.25) is 0 Å². The van der Waals surface area contributed by atoms with Gasteiger partial charge in [0.05, 0.1) is 17.1 Å². The van der Waals surface area contributed by atoms with Gasteiger partial charge in [0.15, 0.2) is 0 Å². The summed E-state index contributed by atoms with van der Waals surface area (Å²) in [5.74, 6) is 2.67. The average Bonchev–Trinajstić information content (AvgIpc) is 2.80. The molecule has 3 heteroatoms. The van der Waals surface area contributed by atoms with Crippen molar-refractivity contribution < 1.29 is 0 Å². The van der Waals surface area contributed by atoms with Gasteiger partial charge in [0.1, 0.15) is 5.82 Å². The van der Waals surface area contributed by atoms with E-state index in [1.807, 2.05) is 6.07 Å². The number of fused-ring (bicyclic) bond motifs is 1. The van der Waals surface area contributed by atoms with Crippen LogP contribution in [0.5, 0.6) is 0 Å². The van der Waals surface area contributed by atoms with E-state index in [-0.39, 0.29) is 0 Å². The van der Waals surface area contributed by atoms with E-state index in [0.29, 0.717) is 6.04 Å². The van der Waals surface area contributed by atoms with E-state index >= 15 is 0 Å². The Balaban J connectivity index is 1.84. The molecule has 2 heterocycles. The first-order chi connectivity index (χ1) is 9.13. The molecule has 1 N–H and O–H groups in total. The predicted molar refractivity (Wildman–Crippen MR) is 79.0 cm³/mol. The zero-order valence-electron chi connectivity index (χ0n) is 12.1. The molecular weight excluding hydrogens is 234 g/mol. The smallest absolute Gasteiger partial charge is 0.124 e. The van der Waals surface area contributed by atoms with Crippen LogP contribution in [0.25, 0.3) is 11.0 Å². The van der Waals surface area contributed by atoms with E-state index < -0.39 is 0 Å². The molecular formula is C16H23N3. The number of nitrogens with zero attached hydrogens (tertiary/aromatic N) is 2. The summed E-state index contributed by atoms with van der Waals surface area (Å²) >= 11 is 0. The molecule has 1 aromatic carbocycles. The molecule has 1 fully saturated rings. The highest BCUT2D eigenvalue weighted by Gasteiger charge is 2.27. The molecule has 102 valence electrons. The van der Waals surface area contributed by atoms with Gasteiger partial charge in [-0.15, -0.1) is 0 Å². The van der Waals surface area contributed by atoms with Gasteiger partial charge in [-0.3, -0.25) is 4.90 Å². The third-order valence-electron chi connectivity index (χ3n) is 4.25. The number of para-hydroxylation sites is 2. The highest BCUT2D eigenvalue weighted by atomic mass is 15.2. The van der Waals surface area contributed by atoms with E-state index in [2.05, 4.69) is 48.9 Å².